The van der Waals surface area contributed by atoms with Crippen molar-refractivity contribution < 1.29 is 30.4 Å². The van der Waals surface area contributed by atoms with Crippen molar-refractivity contribution in [3.05, 3.63) is 139 Å². The summed E-state index contributed by atoms with van der Waals surface area (Å²) in [4.78, 5) is 4.78. The first kappa shape index (κ1) is 30.6. The van der Waals surface area contributed by atoms with E-state index in [1.807, 2.05) is 52.0 Å². The van der Waals surface area contributed by atoms with E-state index in [2.05, 4.69) is 124 Å². The van der Waals surface area contributed by atoms with Crippen LogP contribution in [-0.2, 0) is 26.5 Å². The van der Waals surface area contributed by atoms with Gasteiger partial charge in [0.1, 0.15) is 5.82 Å². The Kier molecular flexibility index (Phi) is 8.24. The molecule has 0 atom stereocenters. The largest absolute Gasteiger partial charge is 0.510 e. The minimum Gasteiger partial charge on any atom is -0.510 e. The van der Waals surface area contributed by atoms with Gasteiger partial charge in [-0.3, -0.25) is 4.57 Å². The number of ether oxygens (including phenoxy) is 1. The van der Waals surface area contributed by atoms with E-state index in [1.54, 1.807) is 0 Å². The van der Waals surface area contributed by atoms with E-state index in [-0.39, 0.29) is 26.5 Å². The molecule has 4 aromatic carbocycles. The summed E-state index contributed by atoms with van der Waals surface area (Å²) < 4.78 is 12.5. The number of fused-ring (bicyclic) bond motifs is 3. The predicted molar refractivity (Wildman–Crippen MR) is 175 cm³/mol. The van der Waals surface area contributed by atoms with Crippen LogP contribution in [0.15, 0.2) is 110 Å². The molecule has 0 saturated heterocycles. The third-order valence-corrected chi connectivity index (χ3v) is 8.03. The van der Waals surface area contributed by atoms with Crippen molar-refractivity contribution >= 4 is 21.8 Å². The van der Waals surface area contributed by atoms with Crippen molar-refractivity contribution in [1.82, 2.24) is 14.1 Å². The summed E-state index contributed by atoms with van der Waals surface area (Å²) in [7, 11) is 0. The molecule has 3 heterocycles. The first-order valence-electron chi connectivity index (χ1n) is 15.0. The maximum atomic E-state index is 6.38. The standard InChI is InChI=1S/C39H34N4O.Pt/c1-27(2)32-13-6-8-15-35(32)42-22-21-41(26-42)29-11-10-12-30(24-29)44-31-17-18-34-33-14-7-9-16-36(33)43(37(34)25-31)38-23-28(19-20-40-38)39(3,4)5;/h6-23,27H,1-5H3;/q-2;. The average Bonchev–Trinajstić information content (AvgIpc) is 3.64. The van der Waals surface area contributed by atoms with Crippen LogP contribution in [0.25, 0.3) is 39.0 Å². The summed E-state index contributed by atoms with van der Waals surface area (Å²) in [6, 6.07) is 38.0. The smallest absolute Gasteiger partial charge is 0.267 e. The van der Waals surface area contributed by atoms with E-state index >= 15 is 0 Å². The Bertz CT molecular complexity index is 2130. The van der Waals surface area contributed by atoms with Gasteiger partial charge in [-0.15, -0.1) is 29.7 Å². The maximum Gasteiger partial charge on any atom is 0.267 e. The fourth-order valence-corrected chi connectivity index (χ4v) is 5.71. The van der Waals surface area contributed by atoms with Crippen molar-refractivity contribution in [2.45, 2.75) is 46.0 Å². The van der Waals surface area contributed by atoms with E-state index in [4.69, 9.17) is 9.72 Å². The Morgan fingerprint density at radius 2 is 1.60 bits per heavy atom. The molecule has 0 spiro atoms. The maximum absolute atomic E-state index is 6.38. The van der Waals surface area contributed by atoms with Gasteiger partial charge in [-0.05, 0) is 57.8 Å². The Balaban J connectivity index is 0.00000357. The molecular weight excluding hydrogens is 736 g/mol. The Hall–Kier alpha value is -4.47. The Morgan fingerprint density at radius 1 is 0.822 bits per heavy atom. The summed E-state index contributed by atoms with van der Waals surface area (Å²) >= 11 is 0. The van der Waals surface area contributed by atoms with Gasteiger partial charge in [0.2, 0.25) is 0 Å². The summed E-state index contributed by atoms with van der Waals surface area (Å²) in [5.74, 6) is 2.48. The van der Waals surface area contributed by atoms with Crippen molar-refractivity contribution in [2.75, 3.05) is 0 Å². The van der Waals surface area contributed by atoms with Gasteiger partial charge in [0.25, 0.3) is 6.33 Å². The van der Waals surface area contributed by atoms with Crippen LogP contribution in [0, 0.1) is 18.5 Å². The molecule has 228 valence electrons. The van der Waals surface area contributed by atoms with Crippen LogP contribution in [0.5, 0.6) is 11.5 Å². The van der Waals surface area contributed by atoms with Crippen molar-refractivity contribution in [3.8, 4) is 28.7 Å². The zero-order valence-electron chi connectivity index (χ0n) is 26.0. The monoisotopic (exact) mass is 769 g/mol. The number of nitrogens with zero attached hydrogens (tertiary/aromatic N) is 4. The van der Waals surface area contributed by atoms with E-state index in [9.17, 15) is 0 Å². The van der Waals surface area contributed by atoms with Crippen molar-refractivity contribution in [3.63, 3.8) is 0 Å². The van der Waals surface area contributed by atoms with Crippen LogP contribution in [0.1, 0.15) is 51.7 Å². The molecule has 0 aliphatic heterocycles. The topological polar surface area (TPSA) is 35.9 Å². The number of para-hydroxylation sites is 2. The number of hydrogen-bond acceptors (Lipinski definition) is 2. The molecule has 0 aliphatic carbocycles. The van der Waals surface area contributed by atoms with Gasteiger partial charge in [-0.1, -0.05) is 76.5 Å². The number of aromatic nitrogens is 4. The zero-order chi connectivity index (χ0) is 30.4. The molecule has 0 aliphatic rings. The second kappa shape index (κ2) is 12.1. The van der Waals surface area contributed by atoms with E-state index in [1.165, 1.54) is 11.1 Å². The molecule has 0 bridgehead atoms. The Morgan fingerprint density at radius 3 is 2.42 bits per heavy atom. The number of benzene rings is 4. The minimum absolute atomic E-state index is 0. The molecule has 6 heteroatoms. The fraction of sp³-hybridized carbons (Fsp3) is 0.179. The first-order chi connectivity index (χ1) is 21.3. The Labute approximate surface area is 279 Å². The van der Waals surface area contributed by atoms with Gasteiger partial charge in [0.05, 0.1) is 5.69 Å². The predicted octanol–water partition coefficient (Wildman–Crippen LogP) is 8.86. The minimum atomic E-state index is 0. The molecule has 45 heavy (non-hydrogen) atoms. The number of imidazole rings is 1. The van der Waals surface area contributed by atoms with Gasteiger partial charge in [0, 0.05) is 56.7 Å². The number of pyridine rings is 1. The molecule has 0 unspecified atom stereocenters. The van der Waals surface area contributed by atoms with Gasteiger partial charge in [-0.25, -0.2) is 4.98 Å². The molecule has 7 aromatic rings. The van der Waals surface area contributed by atoms with Crippen LogP contribution >= 0.6 is 0 Å². The van der Waals surface area contributed by atoms with Crippen LogP contribution in [0.4, 0.5) is 0 Å². The van der Waals surface area contributed by atoms with Crippen LogP contribution in [-0.4, -0.2) is 14.1 Å². The van der Waals surface area contributed by atoms with E-state index < -0.39 is 0 Å². The van der Waals surface area contributed by atoms with Crippen molar-refractivity contribution in [2.24, 2.45) is 0 Å². The summed E-state index contributed by atoms with van der Waals surface area (Å²) in [5.41, 5.74) is 6.46. The SMILES string of the molecule is CC(C)c1ccccc1-[n+]1[c-]n(-c2[c-]c(Oc3[c-]c4c(cc3)c3ccccc3n4-c3cc(C(C)(C)C)ccn3)ccc2)cc1.[Pt]. The summed E-state index contributed by atoms with van der Waals surface area (Å²) in [6.07, 6.45) is 9.34. The van der Waals surface area contributed by atoms with E-state index in [0.717, 1.165) is 39.0 Å². The van der Waals surface area contributed by atoms with Gasteiger partial charge >= 0.3 is 0 Å². The molecular formula is C39H34N4OPt-2. The molecule has 0 amide bonds. The molecule has 0 radical (unpaired) electrons. The van der Waals surface area contributed by atoms with Crippen LogP contribution in [0.2, 0.25) is 0 Å². The van der Waals surface area contributed by atoms with Crippen LogP contribution < -0.4 is 9.30 Å². The first-order valence-corrected chi connectivity index (χ1v) is 15.0. The molecule has 0 fully saturated rings. The molecule has 0 N–H and O–H groups in total. The van der Waals surface area contributed by atoms with Gasteiger partial charge in [0.15, 0.2) is 0 Å². The van der Waals surface area contributed by atoms with E-state index in [0.29, 0.717) is 17.4 Å². The molecule has 5 nitrogen and oxygen atoms in total. The molecule has 3 aromatic heterocycles. The quantitative estimate of drug-likeness (QED) is 0.125. The second-order valence-electron chi connectivity index (χ2n) is 12.4. The van der Waals surface area contributed by atoms with Gasteiger partial charge < -0.3 is 13.9 Å². The van der Waals surface area contributed by atoms with Gasteiger partial charge in [-0.2, -0.15) is 18.2 Å². The average molecular weight is 770 g/mol. The summed E-state index contributed by atoms with van der Waals surface area (Å²) in [5, 5.41) is 2.25. The third kappa shape index (κ3) is 5.85. The molecule has 7 rings (SSSR count). The number of hydrogen-bond donors (Lipinski definition) is 0. The number of rotatable bonds is 6. The fourth-order valence-electron chi connectivity index (χ4n) is 5.71. The summed E-state index contributed by atoms with van der Waals surface area (Å²) in [6.45, 7) is 11.1. The van der Waals surface area contributed by atoms with Crippen LogP contribution in [0.3, 0.4) is 0 Å². The third-order valence-electron chi connectivity index (χ3n) is 8.03. The van der Waals surface area contributed by atoms with Crippen molar-refractivity contribution in [1.29, 1.82) is 0 Å². The molecule has 0 saturated carbocycles. The second-order valence-corrected chi connectivity index (χ2v) is 12.4. The zero-order valence-corrected chi connectivity index (χ0v) is 28.3. The normalized spacial score (nSPS) is 11.7.